The molecule has 0 atom stereocenters. The molecule has 1 heterocycles. The monoisotopic (exact) mass is 348 g/mol. The van der Waals surface area contributed by atoms with E-state index in [0.29, 0.717) is 11.1 Å². The summed E-state index contributed by atoms with van der Waals surface area (Å²) in [5.41, 5.74) is 2.14. The molecule has 124 valence electrons. The number of ether oxygens (including phenoxy) is 1. The third-order valence-corrected chi connectivity index (χ3v) is 4.84. The van der Waals surface area contributed by atoms with Gasteiger partial charge in [0, 0.05) is 11.3 Å². The van der Waals surface area contributed by atoms with Crippen LogP contribution in [0, 0.1) is 0 Å². The lowest BCUT2D eigenvalue weighted by molar-refractivity contribution is 0.414. The van der Waals surface area contributed by atoms with Crippen molar-refractivity contribution in [3.63, 3.8) is 0 Å². The van der Waals surface area contributed by atoms with E-state index in [1.54, 1.807) is 18.9 Å². The van der Waals surface area contributed by atoms with Crippen molar-refractivity contribution < 1.29 is 9.15 Å². The summed E-state index contributed by atoms with van der Waals surface area (Å²) in [5.74, 6) is 2.10. The van der Waals surface area contributed by atoms with Crippen molar-refractivity contribution in [3.05, 3.63) is 72.3 Å². The summed E-state index contributed by atoms with van der Waals surface area (Å²) < 4.78 is 10.9. The molecule has 0 bridgehead atoms. The van der Waals surface area contributed by atoms with Crippen molar-refractivity contribution in [2.24, 2.45) is 0 Å². The van der Waals surface area contributed by atoms with E-state index in [9.17, 15) is 0 Å². The SMILES string of the molecule is COc1ccc(-c2nnc(SCc3cccc4ccccc34)o2)cc1. The van der Waals surface area contributed by atoms with Gasteiger partial charge < -0.3 is 9.15 Å². The lowest BCUT2D eigenvalue weighted by atomic mass is 10.1. The summed E-state index contributed by atoms with van der Waals surface area (Å²) in [6.07, 6.45) is 0. The number of hydrogen-bond acceptors (Lipinski definition) is 5. The van der Waals surface area contributed by atoms with Crippen molar-refractivity contribution in [3.8, 4) is 17.2 Å². The minimum absolute atomic E-state index is 0.517. The molecule has 0 amide bonds. The molecule has 0 fully saturated rings. The first-order chi connectivity index (χ1) is 12.3. The smallest absolute Gasteiger partial charge is 0.277 e. The van der Waals surface area contributed by atoms with Gasteiger partial charge in [-0.3, -0.25) is 0 Å². The fourth-order valence-electron chi connectivity index (χ4n) is 2.68. The van der Waals surface area contributed by atoms with Crippen molar-refractivity contribution in [1.82, 2.24) is 10.2 Å². The summed E-state index contributed by atoms with van der Waals surface area (Å²) in [5, 5.41) is 11.3. The average Bonchev–Trinajstić information content (AvgIpc) is 3.15. The molecule has 0 aliphatic rings. The quantitative estimate of drug-likeness (QED) is 0.464. The Morgan fingerprint density at radius 3 is 2.56 bits per heavy atom. The Morgan fingerprint density at radius 2 is 1.72 bits per heavy atom. The van der Waals surface area contributed by atoms with Crippen molar-refractivity contribution in [2.75, 3.05) is 7.11 Å². The molecule has 4 rings (SSSR count). The minimum Gasteiger partial charge on any atom is -0.497 e. The maximum Gasteiger partial charge on any atom is 0.277 e. The highest BCUT2D eigenvalue weighted by Gasteiger charge is 2.10. The summed E-state index contributed by atoms with van der Waals surface area (Å²) in [6.45, 7) is 0. The van der Waals surface area contributed by atoms with E-state index in [1.807, 2.05) is 24.3 Å². The molecule has 0 saturated carbocycles. The topological polar surface area (TPSA) is 48.2 Å². The summed E-state index contributed by atoms with van der Waals surface area (Å²) >= 11 is 1.55. The van der Waals surface area contributed by atoms with E-state index in [-0.39, 0.29) is 0 Å². The van der Waals surface area contributed by atoms with Crippen molar-refractivity contribution in [2.45, 2.75) is 11.0 Å². The van der Waals surface area contributed by atoms with Gasteiger partial charge in [0.15, 0.2) is 0 Å². The molecular formula is C20H16N2O2S. The maximum absolute atomic E-state index is 5.78. The Labute approximate surface area is 149 Å². The second-order valence-electron chi connectivity index (χ2n) is 5.53. The lowest BCUT2D eigenvalue weighted by Gasteiger charge is -2.04. The largest absolute Gasteiger partial charge is 0.497 e. The predicted octanol–water partition coefficient (Wildman–Crippen LogP) is 5.19. The molecule has 5 heteroatoms. The standard InChI is InChI=1S/C20H16N2O2S/c1-23-17-11-9-15(10-12-17)19-21-22-20(24-19)25-13-16-7-4-6-14-5-2-3-8-18(14)16/h2-12H,13H2,1H3. The van der Waals surface area contributed by atoms with Crippen LogP contribution in [-0.4, -0.2) is 17.3 Å². The van der Waals surface area contributed by atoms with Crippen LogP contribution in [0.3, 0.4) is 0 Å². The van der Waals surface area contributed by atoms with Crippen LogP contribution in [0.25, 0.3) is 22.2 Å². The molecule has 0 unspecified atom stereocenters. The van der Waals surface area contributed by atoms with Crippen LogP contribution in [0.4, 0.5) is 0 Å². The van der Waals surface area contributed by atoms with Crippen LogP contribution in [-0.2, 0) is 5.75 Å². The highest BCUT2D eigenvalue weighted by Crippen LogP contribution is 2.29. The minimum atomic E-state index is 0.517. The summed E-state index contributed by atoms with van der Waals surface area (Å²) in [4.78, 5) is 0. The number of benzene rings is 3. The second kappa shape index (κ2) is 6.99. The molecule has 4 nitrogen and oxygen atoms in total. The number of nitrogens with zero attached hydrogens (tertiary/aromatic N) is 2. The zero-order chi connectivity index (χ0) is 17.1. The first-order valence-corrected chi connectivity index (χ1v) is 8.89. The first kappa shape index (κ1) is 15.7. The van der Waals surface area contributed by atoms with Gasteiger partial charge in [-0.25, -0.2) is 0 Å². The van der Waals surface area contributed by atoms with Gasteiger partial charge in [-0.1, -0.05) is 54.2 Å². The van der Waals surface area contributed by atoms with Gasteiger partial charge in [-0.2, -0.15) is 0 Å². The van der Waals surface area contributed by atoms with Crippen LogP contribution in [0.5, 0.6) is 5.75 Å². The highest BCUT2D eigenvalue weighted by atomic mass is 32.2. The summed E-state index contributed by atoms with van der Waals surface area (Å²) in [7, 11) is 1.64. The first-order valence-electron chi connectivity index (χ1n) is 7.91. The van der Waals surface area contributed by atoms with Crippen molar-refractivity contribution >= 4 is 22.5 Å². The Balaban J connectivity index is 1.51. The number of hydrogen-bond donors (Lipinski definition) is 0. The Hall–Kier alpha value is -2.79. The third-order valence-electron chi connectivity index (χ3n) is 3.97. The molecule has 0 aliphatic carbocycles. The fraction of sp³-hybridized carbons (Fsp3) is 0.100. The molecule has 3 aromatic carbocycles. The number of methoxy groups -OCH3 is 1. The molecule has 0 aliphatic heterocycles. The van der Waals surface area contributed by atoms with E-state index in [4.69, 9.17) is 9.15 Å². The lowest BCUT2D eigenvalue weighted by Crippen LogP contribution is -1.84. The van der Waals surface area contributed by atoms with Gasteiger partial charge in [0.25, 0.3) is 5.22 Å². The van der Waals surface area contributed by atoms with Crippen LogP contribution in [0.2, 0.25) is 0 Å². The van der Waals surface area contributed by atoms with E-state index in [1.165, 1.54) is 16.3 Å². The normalized spacial score (nSPS) is 10.9. The van der Waals surface area contributed by atoms with Gasteiger partial charge in [-0.05, 0) is 40.6 Å². The molecule has 25 heavy (non-hydrogen) atoms. The third kappa shape index (κ3) is 3.37. The zero-order valence-electron chi connectivity index (χ0n) is 13.7. The summed E-state index contributed by atoms with van der Waals surface area (Å²) in [6, 6.07) is 22.3. The molecule has 0 radical (unpaired) electrons. The molecule has 4 aromatic rings. The van der Waals surface area contributed by atoms with Crippen LogP contribution in [0.15, 0.2) is 76.4 Å². The van der Waals surface area contributed by atoms with Gasteiger partial charge >= 0.3 is 0 Å². The van der Waals surface area contributed by atoms with E-state index >= 15 is 0 Å². The Bertz CT molecular complexity index is 991. The zero-order valence-corrected chi connectivity index (χ0v) is 14.5. The Morgan fingerprint density at radius 1 is 0.920 bits per heavy atom. The number of rotatable bonds is 5. The maximum atomic E-state index is 5.78. The molecule has 0 N–H and O–H groups in total. The van der Waals surface area contributed by atoms with Crippen LogP contribution in [0.1, 0.15) is 5.56 Å². The molecule has 1 aromatic heterocycles. The van der Waals surface area contributed by atoms with E-state index in [0.717, 1.165) is 17.1 Å². The molecule has 0 spiro atoms. The van der Waals surface area contributed by atoms with E-state index in [2.05, 4.69) is 52.7 Å². The fourth-order valence-corrected chi connectivity index (χ4v) is 3.44. The van der Waals surface area contributed by atoms with Crippen LogP contribution < -0.4 is 4.74 Å². The van der Waals surface area contributed by atoms with Gasteiger partial charge in [0.1, 0.15) is 5.75 Å². The number of thioether (sulfide) groups is 1. The van der Waals surface area contributed by atoms with Gasteiger partial charge in [0.2, 0.25) is 5.89 Å². The molecular weight excluding hydrogens is 332 g/mol. The molecule has 0 saturated heterocycles. The number of aromatic nitrogens is 2. The van der Waals surface area contributed by atoms with Gasteiger partial charge in [-0.15, -0.1) is 10.2 Å². The number of fused-ring (bicyclic) bond motifs is 1. The average molecular weight is 348 g/mol. The van der Waals surface area contributed by atoms with Crippen LogP contribution >= 0.6 is 11.8 Å². The van der Waals surface area contributed by atoms with E-state index < -0.39 is 0 Å². The van der Waals surface area contributed by atoms with Crippen molar-refractivity contribution in [1.29, 1.82) is 0 Å². The van der Waals surface area contributed by atoms with Gasteiger partial charge in [0.05, 0.1) is 7.11 Å². The second-order valence-corrected chi connectivity index (χ2v) is 6.46. The highest BCUT2D eigenvalue weighted by molar-refractivity contribution is 7.98. The predicted molar refractivity (Wildman–Crippen MR) is 99.8 cm³/mol. The Kier molecular flexibility index (Phi) is 4.39.